The van der Waals surface area contributed by atoms with Crippen molar-refractivity contribution < 1.29 is 23.2 Å². The maximum absolute atomic E-state index is 15.8. The second-order valence-corrected chi connectivity index (χ2v) is 19.5. The minimum atomic E-state index is -0.730. The molecule has 16 nitrogen and oxygen atoms in total. The summed E-state index contributed by atoms with van der Waals surface area (Å²) in [5.41, 5.74) is 5.80. The Bertz CT molecular complexity index is 3180. The minimum Gasteiger partial charge on any atom is -0.388 e. The van der Waals surface area contributed by atoms with Crippen LogP contribution in [0.3, 0.4) is 0 Å². The standard InChI is InChI=1S/C52H59F2N11O5/c1-32-28-61(29-34-5-6-43-45(23-34)59(4)52(70)65(43)44-7-8-46(66)57-50(44)68)21-22-63(32)30-33-10-18-62(19-11-33)51(69)36-24-40(53)48(41(54)25-36)35-12-16-60(17-13-35)31-38-27-39-42(9-15-56-49(39)58(38)3)64-20-14-37(55-2)26-47(64)67/h5-6,9,12,14-15,20,23-27,32-33,44,55H,7-8,10-11,13,16-19,21-22,28-31H2,1-4H3,(H,57,66,68)/t32-,44?/m0/s1. The van der Waals surface area contributed by atoms with Gasteiger partial charge in [0.25, 0.3) is 11.5 Å². The second-order valence-electron chi connectivity index (χ2n) is 19.5. The molecule has 3 fully saturated rings. The summed E-state index contributed by atoms with van der Waals surface area (Å²) in [7, 11) is 5.42. The lowest BCUT2D eigenvalue weighted by atomic mass is 9.94. The summed E-state index contributed by atoms with van der Waals surface area (Å²) in [4.78, 5) is 77.7. The Labute approximate surface area is 403 Å². The van der Waals surface area contributed by atoms with E-state index in [2.05, 4.69) is 37.2 Å². The van der Waals surface area contributed by atoms with Crippen LogP contribution < -0.4 is 21.9 Å². The topological polar surface area (TPSA) is 155 Å². The number of nitrogens with zero attached hydrogens (tertiary/aromatic N) is 9. The van der Waals surface area contributed by atoms with E-state index in [-0.39, 0.29) is 40.6 Å². The van der Waals surface area contributed by atoms with E-state index in [0.29, 0.717) is 68.6 Å². The molecule has 3 saturated heterocycles. The molecular weight excluding hydrogens is 897 g/mol. The van der Waals surface area contributed by atoms with E-state index in [9.17, 15) is 24.0 Å². The number of piperazine rings is 1. The first kappa shape index (κ1) is 46.9. The zero-order valence-corrected chi connectivity index (χ0v) is 40.1. The number of benzene rings is 2. The number of carbonyl (C=O) groups excluding carboxylic acids is 3. The van der Waals surface area contributed by atoms with Gasteiger partial charge in [-0.3, -0.25) is 52.9 Å². The molecule has 18 heteroatoms. The van der Waals surface area contributed by atoms with E-state index < -0.39 is 23.6 Å². The van der Waals surface area contributed by atoms with Gasteiger partial charge in [-0.1, -0.05) is 12.1 Å². The number of amides is 3. The number of aromatic nitrogens is 5. The molecule has 70 heavy (non-hydrogen) atoms. The van der Waals surface area contributed by atoms with Gasteiger partial charge in [-0.2, -0.15) is 0 Å². The van der Waals surface area contributed by atoms with Crippen molar-refractivity contribution in [2.24, 2.45) is 20.0 Å². The Hall–Kier alpha value is -6.76. The number of fused-ring (bicyclic) bond motifs is 2. The number of pyridine rings is 2. The number of piperidine rings is 2. The molecule has 1 unspecified atom stereocenters. The summed E-state index contributed by atoms with van der Waals surface area (Å²) in [6, 6.07) is 15.2. The lowest BCUT2D eigenvalue weighted by Crippen LogP contribution is -2.53. The molecule has 2 atom stereocenters. The van der Waals surface area contributed by atoms with E-state index in [0.717, 1.165) is 84.7 Å². The number of anilines is 1. The number of hydrogen-bond acceptors (Lipinski definition) is 10. The molecule has 6 aromatic rings. The Kier molecular flexibility index (Phi) is 12.9. The van der Waals surface area contributed by atoms with E-state index in [1.165, 1.54) is 16.7 Å². The molecule has 4 aliphatic rings. The summed E-state index contributed by atoms with van der Waals surface area (Å²) in [6.07, 6.45) is 7.85. The SMILES string of the molecule is CNc1ccn(-c2ccnc3c2cc(CN2CC=C(c4c(F)cc(C(=O)N5CCC(CN6CCN(Cc7ccc8c(c7)n(C)c(=O)n8C7CCC(=O)NC7=O)C[C@@H]6C)CC5)cc4F)CC2)n3C)c(=O)c1. The number of halogens is 2. The van der Waals surface area contributed by atoms with Crippen LogP contribution in [0.2, 0.25) is 0 Å². The van der Waals surface area contributed by atoms with Gasteiger partial charge in [0.05, 0.1) is 16.7 Å². The lowest BCUT2D eigenvalue weighted by Gasteiger charge is -2.42. The van der Waals surface area contributed by atoms with Gasteiger partial charge >= 0.3 is 5.69 Å². The average Bonchev–Trinajstić information content (AvgIpc) is 3.80. The summed E-state index contributed by atoms with van der Waals surface area (Å²) < 4.78 is 38.4. The number of aryl methyl sites for hydroxylation is 2. The van der Waals surface area contributed by atoms with Crippen LogP contribution in [-0.4, -0.2) is 126 Å². The highest BCUT2D eigenvalue weighted by atomic mass is 19.1. The van der Waals surface area contributed by atoms with Crippen LogP contribution >= 0.6 is 0 Å². The molecule has 0 spiro atoms. The normalized spacial score (nSPS) is 20.1. The van der Waals surface area contributed by atoms with Gasteiger partial charge in [0.2, 0.25) is 11.8 Å². The van der Waals surface area contributed by atoms with Crippen LogP contribution in [0.5, 0.6) is 0 Å². The van der Waals surface area contributed by atoms with Gasteiger partial charge in [0.1, 0.15) is 23.3 Å². The second kappa shape index (κ2) is 19.2. The predicted molar refractivity (Wildman–Crippen MR) is 264 cm³/mol. The van der Waals surface area contributed by atoms with Gasteiger partial charge in [0, 0.05) is 145 Å². The molecule has 4 aromatic heterocycles. The fraction of sp³-hybridized carbons (Fsp3) is 0.423. The van der Waals surface area contributed by atoms with Crippen LogP contribution in [0, 0.1) is 17.6 Å². The molecule has 8 heterocycles. The summed E-state index contributed by atoms with van der Waals surface area (Å²) in [5.74, 6) is -2.19. The third-order valence-electron chi connectivity index (χ3n) is 15.1. The highest BCUT2D eigenvalue weighted by molar-refractivity contribution is 6.00. The number of imidazole rings is 1. The quantitative estimate of drug-likeness (QED) is 0.169. The van der Waals surface area contributed by atoms with Crippen LogP contribution in [0.4, 0.5) is 14.5 Å². The molecule has 4 aliphatic heterocycles. The zero-order chi connectivity index (χ0) is 49.0. The zero-order valence-electron chi connectivity index (χ0n) is 40.1. The smallest absolute Gasteiger partial charge is 0.329 e. The van der Waals surface area contributed by atoms with E-state index in [1.807, 2.05) is 54.1 Å². The molecule has 2 aromatic carbocycles. The molecule has 3 amide bonds. The molecule has 10 rings (SSSR count). The van der Waals surface area contributed by atoms with Crippen molar-refractivity contribution in [2.75, 3.05) is 64.7 Å². The number of carbonyl (C=O) groups is 3. The van der Waals surface area contributed by atoms with Crippen molar-refractivity contribution >= 4 is 51.0 Å². The molecule has 2 N–H and O–H groups in total. The molecule has 0 aliphatic carbocycles. The number of imide groups is 1. The number of rotatable bonds is 11. The van der Waals surface area contributed by atoms with E-state index in [1.54, 1.807) is 46.6 Å². The predicted octanol–water partition coefficient (Wildman–Crippen LogP) is 5.02. The van der Waals surface area contributed by atoms with E-state index >= 15 is 8.78 Å². The summed E-state index contributed by atoms with van der Waals surface area (Å²) >= 11 is 0. The molecule has 0 bridgehead atoms. The first-order valence-corrected chi connectivity index (χ1v) is 24.3. The first-order valence-electron chi connectivity index (χ1n) is 24.3. The summed E-state index contributed by atoms with van der Waals surface area (Å²) in [5, 5.41) is 6.21. The Morgan fingerprint density at radius 3 is 2.33 bits per heavy atom. The van der Waals surface area contributed by atoms with Crippen molar-refractivity contribution in [3.8, 4) is 5.69 Å². The maximum atomic E-state index is 15.8. The highest BCUT2D eigenvalue weighted by Crippen LogP contribution is 2.32. The first-order chi connectivity index (χ1) is 33.7. The summed E-state index contributed by atoms with van der Waals surface area (Å²) in [6.45, 7) is 9.20. The number of hydrogen-bond donors (Lipinski definition) is 2. The molecular formula is C52H59F2N11O5. The Morgan fingerprint density at radius 1 is 0.843 bits per heavy atom. The van der Waals surface area contributed by atoms with Crippen molar-refractivity contribution in [2.45, 2.75) is 64.2 Å². The molecule has 0 saturated carbocycles. The molecule has 366 valence electrons. The average molecular weight is 956 g/mol. The van der Waals surface area contributed by atoms with Crippen molar-refractivity contribution in [3.05, 3.63) is 128 Å². The van der Waals surface area contributed by atoms with Crippen LogP contribution in [0.1, 0.15) is 72.2 Å². The number of nitrogens with one attached hydrogen (secondary N) is 2. The van der Waals surface area contributed by atoms with Crippen LogP contribution in [0.25, 0.3) is 33.3 Å². The highest BCUT2D eigenvalue weighted by Gasteiger charge is 2.33. The Balaban J connectivity index is 0.711. The van der Waals surface area contributed by atoms with Gasteiger partial charge in [-0.15, -0.1) is 0 Å². The lowest BCUT2D eigenvalue weighted by molar-refractivity contribution is -0.135. The van der Waals surface area contributed by atoms with Gasteiger partial charge in [0.15, 0.2) is 0 Å². The van der Waals surface area contributed by atoms with Crippen molar-refractivity contribution in [1.29, 1.82) is 0 Å². The fourth-order valence-corrected chi connectivity index (χ4v) is 11.1. The van der Waals surface area contributed by atoms with Gasteiger partial charge in [-0.25, -0.2) is 18.6 Å². The largest absolute Gasteiger partial charge is 0.388 e. The van der Waals surface area contributed by atoms with Gasteiger partial charge in [-0.05, 0) is 92.1 Å². The number of likely N-dealkylation sites (tertiary alicyclic amines) is 1. The van der Waals surface area contributed by atoms with E-state index in [4.69, 9.17) is 0 Å². The fourth-order valence-electron chi connectivity index (χ4n) is 11.1. The molecule has 0 radical (unpaired) electrons. The monoisotopic (exact) mass is 955 g/mol. The van der Waals surface area contributed by atoms with Crippen LogP contribution in [0.15, 0.2) is 82.7 Å². The Morgan fingerprint density at radius 2 is 1.63 bits per heavy atom. The third-order valence-corrected chi connectivity index (χ3v) is 15.1. The van der Waals surface area contributed by atoms with Crippen LogP contribution in [-0.2, 0) is 36.8 Å². The maximum Gasteiger partial charge on any atom is 0.329 e. The minimum absolute atomic E-state index is 0.0252. The van der Waals surface area contributed by atoms with Gasteiger partial charge < -0.3 is 14.8 Å². The van der Waals surface area contributed by atoms with Crippen molar-refractivity contribution in [3.63, 3.8) is 0 Å². The van der Waals surface area contributed by atoms with Crippen molar-refractivity contribution in [1.82, 2.24) is 48.2 Å². The third kappa shape index (κ3) is 8.99.